The number of rotatable bonds is 2. The van der Waals surface area contributed by atoms with Crippen LogP contribution in [0.4, 0.5) is 13.2 Å². The van der Waals surface area contributed by atoms with E-state index in [9.17, 15) is 13.2 Å². The molecule has 0 aliphatic carbocycles. The van der Waals surface area contributed by atoms with Crippen LogP contribution in [0, 0.1) is 11.8 Å². The van der Waals surface area contributed by atoms with E-state index in [1.807, 2.05) is 24.3 Å². The molecule has 4 aromatic rings. The van der Waals surface area contributed by atoms with Gasteiger partial charge >= 0.3 is 6.18 Å². The van der Waals surface area contributed by atoms with Crippen molar-refractivity contribution in [3.63, 3.8) is 0 Å². The van der Waals surface area contributed by atoms with Crippen molar-refractivity contribution in [3.8, 4) is 11.8 Å². The third-order valence-electron chi connectivity index (χ3n) is 6.33. The molecular formula is C28H23F3N2. The van der Waals surface area contributed by atoms with E-state index < -0.39 is 11.7 Å². The molecule has 0 bridgehead atoms. The van der Waals surface area contributed by atoms with Crippen molar-refractivity contribution in [2.45, 2.75) is 25.2 Å². The van der Waals surface area contributed by atoms with Crippen LogP contribution in [0.25, 0.3) is 10.9 Å². The minimum Gasteiger partial charge on any atom is -0.345 e. The zero-order valence-electron chi connectivity index (χ0n) is 18.2. The lowest BCUT2D eigenvalue weighted by atomic mass is 9.96. The van der Waals surface area contributed by atoms with Crippen molar-refractivity contribution in [2.24, 2.45) is 7.05 Å². The smallest absolute Gasteiger partial charge is 0.345 e. The minimum atomic E-state index is -4.35. The van der Waals surface area contributed by atoms with Gasteiger partial charge in [0.05, 0.1) is 11.3 Å². The summed E-state index contributed by atoms with van der Waals surface area (Å²) >= 11 is 0. The quantitative estimate of drug-likeness (QED) is 0.327. The van der Waals surface area contributed by atoms with E-state index in [4.69, 9.17) is 0 Å². The van der Waals surface area contributed by atoms with E-state index >= 15 is 0 Å². The highest BCUT2D eigenvalue weighted by molar-refractivity contribution is 5.86. The van der Waals surface area contributed by atoms with Gasteiger partial charge in [0, 0.05) is 36.6 Å². The second-order valence-electron chi connectivity index (χ2n) is 8.39. The molecule has 3 aromatic carbocycles. The highest BCUT2D eigenvalue weighted by Crippen LogP contribution is 2.37. The van der Waals surface area contributed by atoms with E-state index in [1.165, 1.54) is 34.2 Å². The lowest BCUT2D eigenvalue weighted by molar-refractivity contribution is -0.137. The zero-order valence-corrected chi connectivity index (χ0v) is 18.2. The average Bonchev–Trinajstić information content (AvgIpc) is 3.11. The van der Waals surface area contributed by atoms with Gasteiger partial charge in [-0.05, 0) is 47.9 Å². The first-order valence-electron chi connectivity index (χ1n) is 10.9. The van der Waals surface area contributed by atoms with Crippen LogP contribution in [0.15, 0.2) is 78.9 Å². The Morgan fingerprint density at radius 1 is 0.909 bits per heavy atom. The van der Waals surface area contributed by atoms with Crippen molar-refractivity contribution in [1.82, 2.24) is 9.47 Å². The Labute approximate surface area is 191 Å². The number of halogens is 3. The fourth-order valence-corrected chi connectivity index (χ4v) is 4.70. The van der Waals surface area contributed by atoms with Gasteiger partial charge in [0.1, 0.15) is 6.04 Å². The highest BCUT2D eigenvalue weighted by Gasteiger charge is 2.31. The Morgan fingerprint density at radius 2 is 1.61 bits per heavy atom. The number of fused-ring (bicyclic) bond motifs is 3. The number of aryl methyl sites for hydroxylation is 1. The number of nitrogens with zero attached hydrogens (tertiary/aromatic N) is 2. The van der Waals surface area contributed by atoms with Gasteiger partial charge in [-0.1, -0.05) is 60.4 Å². The Bertz CT molecular complexity index is 1340. The Morgan fingerprint density at radius 3 is 2.33 bits per heavy atom. The first kappa shape index (κ1) is 21.4. The van der Waals surface area contributed by atoms with E-state index in [-0.39, 0.29) is 6.04 Å². The summed E-state index contributed by atoms with van der Waals surface area (Å²) < 4.78 is 41.0. The number of alkyl halides is 3. The molecule has 1 unspecified atom stereocenters. The van der Waals surface area contributed by atoms with Crippen LogP contribution < -0.4 is 0 Å². The van der Waals surface area contributed by atoms with E-state index in [1.54, 1.807) is 0 Å². The SMILES string of the molecule is Cn1c2c(c3ccccc31)CCN(Cc1ccccc1)C2C#Cc1ccc(C(F)(F)F)cc1. The van der Waals surface area contributed by atoms with Gasteiger partial charge in [-0.2, -0.15) is 13.2 Å². The van der Waals surface area contributed by atoms with Gasteiger partial charge in [0.25, 0.3) is 0 Å². The summed E-state index contributed by atoms with van der Waals surface area (Å²) in [6.07, 6.45) is -3.41. The van der Waals surface area contributed by atoms with Crippen LogP contribution in [-0.2, 0) is 26.2 Å². The Kier molecular flexibility index (Phi) is 5.47. The highest BCUT2D eigenvalue weighted by atomic mass is 19.4. The van der Waals surface area contributed by atoms with Crippen molar-refractivity contribution in [2.75, 3.05) is 6.54 Å². The molecule has 33 heavy (non-hydrogen) atoms. The molecule has 5 heteroatoms. The number of para-hydroxylation sites is 1. The van der Waals surface area contributed by atoms with Gasteiger partial charge in [0.2, 0.25) is 0 Å². The number of hydrogen-bond acceptors (Lipinski definition) is 1. The van der Waals surface area contributed by atoms with Gasteiger partial charge in [0.15, 0.2) is 0 Å². The normalized spacial score (nSPS) is 16.3. The summed E-state index contributed by atoms with van der Waals surface area (Å²) in [5, 5.41) is 1.25. The van der Waals surface area contributed by atoms with E-state index in [0.29, 0.717) is 5.56 Å². The van der Waals surface area contributed by atoms with Gasteiger partial charge in [-0.3, -0.25) is 4.90 Å². The molecule has 0 fully saturated rings. The summed E-state index contributed by atoms with van der Waals surface area (Å²) in [6.45, 7) is 1.62. The Hall–Kier alpha value is -3.49. The summed E-state index contributed by atoms with van der Waals surface area (Å²) in [5.74, 6) is 6.55. The summed E-state index contributed by atoms with van der Waals surface area (Å²) in [7, 11) is 2.07. The third kappa shape index (κ3) is 4.15. The van der Waals surface area contributed by atoms with Crippen LogP contribution in [0.5, 0.6) is 0 Å². The van der Waals surface area contributed by atoms with Crippen molar-refractivity contribution in [1.29, 1.82) is 0 Å². The molecule has 2 nitrogen and oxygen atoms in total. The standard InChI is InChI=1S/C28H23F3N2/c1-32-25-10-6-5-9-23(25)24-17-18-33(19-21-7-3-2-4-8-21)26(27(24)32)16-13-20-11-14-22(15-12-20)28(29,30)31/h2-12,14-15,26H,17-19H2,1H3. The predicted molar refractivity (Wildman–Crippen MR) is 125 cm³/mol. The lowest BCUT2D eigenvalue weighted by Crippen LogP contribution is -2.35. The molecule has 1 aromatic heterocycles. The fourth-order valence-electron chi connectivity index (χ4n) is 4.70. The molecule has 2 heterocycles. The number of aromatic nitrogens is 1. The fraction of sp³-hybridized carbons (Fsp3) is 0.214. The molecule has 0 saturated heterocycles. The lowest BCUT2D eigenvalue weighted by Gasteiger charge is -2.34. The minimum absolute atomic E-state index is 0.159. The van der Waals surface area contributed by atoms with Crippen molar-refractivity contribution < 1.29 is 13.2 Å². The van der Waals surface area contributed by atoms with Crippen LogP contribution in [0.1, 0.15) is 34.0 Å². The van der Waals surface area contributed by atoms with Crippen molar-refractivity contribution >= 4 is 10.9 Å². The molecule has 0 saturated carbocycles. The van der Waals surface area contributed by atoms with Crippen LogP contribution in [-0.4, -0.2) is 16.0 Å². The van der Waals surface area contributed by atoms with Crippen LogP contribution in [0.3, 0.4) is 0 Å². The monoisotopic (exact) mass is 444 g/mol. The zero-order chi connectivity index (χ0) is 23.0. The topological polar surface area (TPSA) is 8.17 Å². The number of benzene rings is 3. The molecule has 0 amide bonds. The second kappa shape index (κ2) is 8.46. The molecule has 1 atom stereocenters. The van der Waals surface area contributed by atoms with E-state index in [2.05, 4.69) is 58.7 Å². The average molecular weight is 445 g/mol. The third-order valence-corrected chi connectivity index (χ3v) is 6.33. The summed E-state index contributed by atoms with van der Waals surface area (Å²) in [5.41, 5.74) is 4.77. The second-order valence-corrected chi connectivity index (χ2v) is 8.39. The van der Waals surface area contributed by atoms with Gasteiger partial charge in [-0.25, -0.2) is 0 Å². The summed E-state index contributed by atoms with van der Waals surface area (Å²) in [6, 6.07) is 23.6. The van der Waals surface area contributed by atoms with Crippen molar-refractivity contribution in [3.05, 3.63) is 107 Å². The molecule has 1 aliphatic heterocycles. The molecular weight excluding hydrogens is 421 g/mol. The Balaban J connectivity index is 1.56. The van der Waals surface area contributed by atoms with Gasteiger partial charge in [-0.15, -0.1) is 0 Å². The molecule has 0 radical (unpaired) electrons. The first-order valence-corrected chi connectivity index (χ1v) is 10.9. The maximum Gasteiger partial charge on any atom is 0.416 e. The first-order chi connectivity index (χ1) is 15.9. The molecule has 5 rings (SSSR count). The largest absolute Gasteiger partial charge is 0.416 e. The predicted octanol–water partition coefficient (Wildman–Crippen LogP) is 6.35. The number of hydrogen-bond donors (Lipinski definition) is 0. The maximum atomic E-state index is 12.9. The van der Waals surface area contributed by atoms with Crippen LogP contribution in [0.2, 0.25) is 0 Å². The van der Waals surface area contributed by atoms with Gasteiger partial charge < -0.3 is 4.57 Å². The molecule has 0 spiro atoms. The van der Waals surface area contributed by atoms with Crippen LogP contribution >= 0.6 is 0 Å². The molecule has 166 valence electrons. The maximum absolute atomic E-state index is 12.9. The molecule has 1 aliphatic rings. The molecule has 0 N–H and O–H groups in total. The summed E-state index contributed by atoms with van der Waals surface area (Å²) in [4.78, 5) is 2.35. The van der Waals surface area contributed by atoms with E-state index in [0.717, 1.165) is 37.3 Å².